The third-order valence-electron chi connectivity index (χ3n) is 7.27. The van der Waals surface area contributed by atoms with Crippen LogP contribution in [-0.4, -0.2) is 26.2 Å². The maximum absolute atomic E-state index is 13.4. The topological polar surface area (TPSA) is 63.1 Å². The van der Waals surface area contributed by atoms with Crippen molar-refractivity contribution in [2.24, 2.45) is 7.05 Å². The van der Waals surface area contributed by atoms with E-state index in [4.69, 9.17) is 11.6 Å². The van der Waals surface area contributed by atoms with Gasteiger partial charge in [0.2, 0.25) is 0 Å². The van der Waals surface area contributed by atoms with Crippen molar-refractivity contribution in [2.75, 3.05) is 4.90 Å². The van der Waals surface area contributed by atoms with Gasteiger partial charge in [0.25, 0.3) is 5.91 Å². The third-order valence-corrected chi connectivity index (χ3v) is 7.61. The highest BCUT2D eigenvalue weighted by Gasteiger charge is 2.33. The lowest BCUT2D eigenvalue weighted by atomic mass is 9.78. The molecule has 2 aliphatic rings. The van der Waals surface area contributed by atoms with Crippen LogP contribution in [0.4, 0.5) is 5.69 Å². The van der Waals surface area contributed by atoms with Crippen molar-refractivity contribution in [3.05, 3.63) is 75.8 Å². The number of hydrogen-bond acceptors (Lipinski definition) is 4. The summed E-state index contributed by atoms with van der Waals surface area (Å²) in [6, 6.07) is 12.2. The third kappa shape index (κ3) is 4.06. The molecule has 3 aromatic rings. The Balaban J connectivity index is 1.40. The van der Waals surface area contributed by atoms with E-state index in [2.05, 4.69) is 41.5 Å². The van der Waals surface area contributed by atoms with Gasteiger partial charge >= 0.3 is 0 Å². The average Bonchev–Trinajstić information content (AvgIpc) is 3.36. The Morgan fingerprint density at radius 2 is 2.06 bits per heavy atom. The van der Waals surface area contributed by atoms with Gasteiger partial charge in [-0.25, -0.2) is 0 Å². The minimum absolute atomic E-state index is 0.00691. The fourth-order valence-electron chi connectivity index (χ4n) is 5.01. The van der Waals surface area contributed by atoms with Crippen molar-refractivity contribution in [3.8, 4) is 0 Å². The highest BCUT2D eigenvalue weighted by atomic mass is 35.5. The summed E-state index contributed by atoms with van der Waals surface area (Å²) < 4.78 is 1.96. The number of carbonyl (C=O) groups excluding carboxylic acids is 1. The van der Waals surface area contributed by atoms with E-state index in [1.165, 1.54) is 19.3 Å². The molecular formula is C26H30ClN5O. The van der Waals surface area contributed by atoms with E-state index in [9.17, 15) is 4.79 Å². The monoisotopic (exact) mass is 463 g/mol. The number of anilines is 1. The number of amides is 1. The van der Waals surface area contributed by atoms with Gasteiger partial charge in [-0.15, -0.1) is 10.2 Å². The van der Waals surface area contributed by atoms with Gasteiger partial charge in [-0.3, -0.25) is 4.79 Å². The molecule has 1 amide bonds. The Bertz CT molecular complexity index is 1200. The minimum Gasteiger partial charge on any atom is -0.320 e. The molecule has 1 aromatic heterocycles. The number of aromatic nitrogens is 3. The molecule has 0 saturated heterocycles. The molecule has 33 heavy (non-hydrogen) atoms. The van der Waals surface area contributed by atoms with Gasteiger partial charge in [-0.2, -0.15) is 0 Å². The smallest absolute Gasteiger partial charge is 0.258 e. The van der Waals surface area contributed by atoms with Crippen LogP contribution < -0.4 is 10.2 Å². The SMILES string of the molecule is CC[C@H](c1cccc(N2Cc3c(Cl)cc(CNC4(C)CCC4)cc3C2=O)c1)c1nncn1C. The normalized spacial score (nSPS) is 17.7. The average molecular weight is 464 g/mol. The van der Waals surface area contributed by atoms with Gasteiger partial charge < -0.3 is 14.8 Å². The molecule has 1 atom stereocenters. The van der Waals surface area contributed by atoms with Crippen molar-refractivity contribution < 1.29 is 4.79 Å². The molecule has 2 aromatic carbocycles. The number of aryl methyl sites for hydroxylation is 1. The summed E-state index contributed by atoms with van der Waals surface area (Å²) in [5.74, 6) is 1.05. The van der Waals surface area contributed by atoms with Crippen molar-refractivity contribution in [1.82, 2.24) is 20.1 Å². The number of hydrogen-bond donors (Lipinski definition) is 1. The van der Waals surface area contributed by atoms with Crippen LogP contribution >= 0.6 is 11.6 Å². The van der Waals surface area contributed by atoms with E-state index >= 15 is 0 Å². The van der Waals surface area contributed by atoms with Crippen LogP contribution in [0, 0.1) is 0 Å². The lowest BCUT2D eigenvalue weighted by Gasteiger charge is -2.39. The molecule has 1 N–H and O–H groups in total. The van der Waals surface area contributed by atoms with Gasteiger partial charge in [-0.1, -0.05) is 30.7 Å². The molecule has 0 spiro atoms. The predicted octanol–water partition coefficient (Wildman–Crippen LogP) is 5.20. The number of benzene rings is 2. The zero-order valence-electron chi connectivity index (χ0n) is 19.4. The van der Waals surface area contributed by atoms with Crippen LogP contribution in [-0.2, 0) is 20.1 Å². The second-order valence-corrected chi connectivity index (χ2v) is 10.0. The number of fused-ring (bicyclic) bond motifs is 1. The highest BCUT2D eigenvalue weighted by molar-refractivity contribution is 6.32. The van der Waals surface area contributed by atoms with Crippen molar-refractivity contribution >= 4 is 23.2 Å². The molecule has 1 fully saturated rings. The van der Waals surface area contributed by atoms with Crippen LogP contribution in [0.15, 0.2) is 42.7 Å². The summed E-state index contributed by atoms with van der Waals surface area (Å²) >= 11 is 6.66. The molecule has 0 unspecified atom stereocenters. The van der Waals surface area contributed by atoms with E-state index in [1.54, 1.807) is 6.33 Å². The van der Waals surface area contributed by atoms with E-state index in [0.717, 1.165) is 41.2 Å². The first kappa shape index (κ1) is 22.1. The molecule has 0 bridgehead atoms. The summed E-state index contributed by atoms with van der Waals surface area (Å²) in [6.45, 7) is 5.61. The molecular weight excluding hydrogens is 434 g/mol. The van der Waals surface area contributed by atoms with Crippen LogP contribution in [0.1, 0.15) is 78.3 Å². The first-order valence-electron chi connectivity index (χ1n) is 11.7. The number of carbonyl (C=O) groups is 1. The number of halogens is 1. The fourth-order valence-corrected chi connectivity index (χ4v) is 5.32. The van der Waals surface area contributed by atoms with Gasteiger partial charge in [0.05, 0.1) is 6.54 Å². The lowest BCUT2D eigenvalue weighted by molar-refractivity contribution is 0.0996. The molecule has 5 rings (SSSR count). The fraction of sp³-hybridized carbons (Fsp3) is 0.423. The van der Waals surface area contributed by atoms with Crippen LogP contribution in [0.5, 0.6) is 0 Å². The first-order chi connectivity index (χ1) is 15.9. The van der Waals surface area contributed by atoms with Crippen molar-refractivity contribution in [3.63, 3.8) is 0 Å². The van der Waals surface area contributed by atoms with Crippen molar-refractivity contribution in [2.45, 2.75) is 64.1 Å². The van der Waals surface area contributed by atoms with E-state index < -0.39 is 0 Å². The zero-order valence-corrected chi connectivity index (χ0v) is 20.2. The Kier molecular flexibility index (Phi) is 5.75. The zero-order chi connectivity index (χ0) is 23.2. The van der Waals surface area contributed by atoms with Crippen LogP contribution in [0.3, 0.4) is 0 Å². The van der Waals surface area contributed by atoms with Gasteiger partial charge in [0.1, 0.15) is 12.2 Å². The molecule has 1 aliphatic carbocycles. The summed E-state index contributed by atoms with van der Waals surface area (Å²) in [5.41, 5.74) is 4.89. The predicted molar refractivity (Wildman–Crippen MR) is 131 cm³/mol. The second-order valence-electron chi connectivity index (χ2n) is 9.62. The summed E-state index contributed by atoms with van der Waals surface area (Å²) in [6.07, 6.45) is 6.29. The molecule has 2 heterocycles. The maximum Gasteiger partial charge on any atom is 0.258 e. The lowest BCUT2D eigenvalue weighted by Crippen LogP contribution is -2.47. The summed E-state index contributed by atoms with van der Waals surface area (Å²) in [5, 5.41) is 12.7. The Labute approximate surface area is 200 Å². The second kappa shape index (κ2) is 8.58. The van der Waals surface area contributed by atoms with E-state index in [0.29, 0.717) is 17.1 Å². The van der Waals surface area contributed by atoms with Gasteiger partial charge in [-0.05, 0) is 68.0 Å². The summed E-state index contributed by atoms with van der Waals surface area (Å²) in [7, 11) is 1.96. The quantitative estimate of drug-likeness (QED) is 0.522. The number of rotatable bonds is 7. The molecule has 7 heteroatoms. The Hall–Kier alpha value is -2.70. The van der Waals surface area contributed by atoms with Gasteiger partial charge in [0, 0.05) is 46.9 Å². The Morgan fingerprint density at radius 1 is 1.24 bits per heavy atom. The summed E-state index contributed by atoms with van der Waals surface area (Å²) in [4.78, 5) is 15.3. The first-order valence-corrected chi connectivity index (χ1v) is 12.1. The largest absolute Gasteiger partial charge is 0.320 e. The minimum atomic E-state index is 0.00691. The van der Waals surface area contributed by atoms with Crippen LogP contribution in [0.25, 0.3) is 0 Å². The molecule has 0 radical (unpaired) electrons. The highest BCUT2D eigenvalue weighted by Crippen LogP contribution is 2.36. The molecule has 1 saturated carbocycles. The number of nitrogens with one attached hydrogen (secondary N) is 1. The van der Waals surface area contributed by atoms with E-state index in [1.807, 2.05) is 40.8 Å². The molecule has 1 aliphatic heterocycles. The van der Waals surface area contributed by atoms with Crippen LogP contribution in [0.2, 0.25) is 5.02 Å². The Morgan fingerprint density at radius 3 is 2.73 bits per heavy atom. The van der Waals surface area contributed by atoms with Crippen molar-refractivity contribution in [1.29, 1.82) is 0 Å². The van der Waals surface area contributed by atoms with E-state index in [-0.39, 0.29) is 17.4 Å². The van der Waals surface area contributed by atoms with Gasteiger partial charge in [0.15, 0.2) is 0 Å². The number of nitrogens with zero attached hydrogens (tertiary/aromatic N) is 4. The molecule has 172 valence electrons. The molecule has 6 nitrogen and oxygen atoms in total. The standard InChI is InChI=1S/C26H30ClN5O/c1-4-20(24-30-29-16-31(24)3)18-7-5-8-19(13-18)32-15-22-21(25(32)33)11-17(12-23(22)27)14-28-26(2)9-6-10-26/h5,7-8,11-13,16,20,28H,4,6,9-10,14-15H2,1-3H3/t20-/m1/s1. The maximum atomic E-state index is 13.4.